The number of rotatable bonds is 5. The number of carbonyl (C=O) groups excluding carboxylic acids is 1. The van der Waals surface area contributed by atoms with Crippen LogP contribution in [0.5, 0.6) is 0 Å². The lowest BCUT2D eigenvalue weighted by molar-refractivity contribution is 0.0517. The molecule has 5 nitrogen and oxygen atoms in total. The van der Waals surface area contributed by atoms with Crippen LogP contribution >= 0.6 is 0 Å². The Bertz CT molecular complexity index is 335. The Morgan fingerprint density at radius 3 is 2.71 bits per heavy atom. The van der Waals surface area contributed by atoms with Crippen LogP contribution in [-0.2, 0) is 9.47 Å². The number of alkyl carbamates (subject to hydrolysis) is 1. The SMILES string of the molecule is CC(C)(C)OC(=O)NCC1CCCC1NCC1CCOC1. The summed E-state index contributed by atoms with van der Waals surface area (Å²) in [5.74, 6) is 1.17. The Balaban J connectivity index is 1.67. The van der Waals surface area contributed by atoms with Gasteiger partial charge in [0.1, 0.15) is 5.60 Å². The summed E-state index contributed by atoms with van der Waals surface area (Å²) in [4.78, 5) is 11.7. The molecule has 122 valence electrons. The van der Waals surface area contributed by atoms with Gasteiger partial charge in [0.25, 0.3) is 0 Å². The van der Waals surface area contributed by atoms with E-state index in [9.17, 15) is 4.79 Å². The van der Waals surface area contributed by atoms with E-state index in [1.165, 1.54) is 25.7 Å². The fraction of sp³-hybridized carbons (Fsp3) is 0.938. The van der Waals surface area contributed by atoms with Gasteiger partial charge in [0.2, 0.25) is 0 Å². The minimum absolute atomic E-state index is 0.308. The van der Waals surface area contributed by atoms with Gasteiger partial charge in [0.15, 0.2) is 0 Å². The molecule has 1 amide bonds. The average Bonchev–Trinajstić information content (AvgIpc) is 3.03. The maximum atomic E-state index is 11.7. The molecule has 2 fully saturated rings. The first-order chi connectivity index (χ1) is 9.94. The van der Waals surface area contributed by atoms with Crippen LogP contribution in [0, 0.1) is 11.8 Å². The van der Waals surface area contributed by atoms with Gasteiger partial charge in [-0.2, -0.15) is 0 Å². The lowest BCUT2D eigenvalue weighted by Crippen LogP contribution is -2.42. The van der Waals surface area contributed by atoms with Gasteiger partial charge >= 0.3 is 6.09 Å². The van der Waals surface area contributed by atoms with E-state index in [-0.39, 0.29) is 6.09 Å². The molecular formula is C16H30N2O3. The normalized spacial score (nSPS) is 29.6. The highest BCUT2D eigenvalue weighted by Crippen LogP contribution is 2.25. The average molecular weight is 298 g/mol. The molecule has 5 heteroatoms. The third-order valence-corrected chi connectivity index (χ3v) is 4.26. The highest BCUT2D eigenvalue weighted by molar-refractivity contribution is 5.67. The molecule has 3 unspecified atom stereocenters. The molecular weight excluding hydrogens is 268 g/mol. The van der Waals surface area contributed by atoms with Gasteiger partial charge in [-0.3, -0.25) is 0 Å². The van der Waals surface area contributed by atoms with E-state index in [1.54, 1.807) is 0 Å². The predicted octanol–water partition coefficient (Wildman–Crippen LogP) is 2.31. The zero-order chi connectivity index (χ0) is 15.3. The summed E-state index contributed by atoms with van der Waals surface area (Å²) < 4.78 is 10.7. The summed E-state index contributed by atoms with van der Waals surface area (Å²) in [6, 6.07) is 0.514. The summed E-state index contributed by atoms with van der Waals surface area (Å²) in [6.07, 6.45) is 4.47. The predicted molar refractivity (Wildman–Crippen MR) is 82.3 cm³/mol. The Labute approximate surface area is 128 Å². The quantitative estimate of drug-likeness (QED) is 0.817. The molecule has 2 rings (SSSR count). The molecule has 21 heavy (non-hydrogen) atoms. The topological polar surface area (TPSA) is 59.6 Å². The van der Waals surface area contributed by atoms with Crippen molar-refractivity contribution in [1.82, 2.24) is 10.6 Å². The molecule has 0 aromatic heterocycles. The third kappa shape index (κ3) is 5.83. The van der Waals surface area contributed by atoms with Gasteiger partial charge in [-0.1, -0.05) is 6.42 Å². The fourth-order valence-electron chi connectivity index (χ4n) is 3.14. The van der Waals surface area contributed by atoms with Crippen molar-refractivity contribution in [2.24, 2.45) is 11.8 Å². The zero-order valence-corrected chi connectivity index (χ0v) is 13.6. The number of hydrogen-bond donors (Lipinski definition) is 2. The van der Waals surface area contributed by atoms with Crippen LogP contribution < -0.4 is 10.6 Å². The molecule has 3 atom stereocenters. The van der Waals surface area contributed by atoms with Crippen LogP contribution in [0.3, 0.4) is 0 Å². The first-order valence-corrected chi connectivity index (χ1v) is 8.22. The maximum Gasteiger partial charge on any atom is 0.407 e. The van der Waals surface area contributed by atoms with Crippen LogP contribution in [0.15, 0.2) is 0 Å². The van der Waals surface area contributed by atoms with Crippen LogP contribution in [-0.4, -0.2) is 44.0 Å². The Morgan fingerprint density at radius 1 is 1.24 bits per heavy atom. The molecule has 0 spiro atoms. The van der Waals surface area contributed by atoms with Crippen LogP contribution in [0.25, 0.3) is 0 Å². The zero-order valence-electron chi connectivity index (χ0n) is 13.6. The van der Waals surface area contributed by atoms with Gasteiger partial charge < -0.3 is 20.1 Å². The van der Waals surface area contributed by atoms with Crippen molar-refractivity contribution in [3.63, 3.8) is 0 Å². The number of carbonyl (C=O) groups is 1. The Kier molecular flexibility index (Phi) is 5.88. The van der Waals surface area contributed by atoms with Gasteiger partial charge in [0.05, 0.1) is 6.61 Å². The van der Waals surface area contributed by atoms with E-state index in [0.29, 0.717) is 24.4 Å². The summed E-state index contributed by atoms with van der Waals surface area (Å²) in [6.45, 7) is 9.19. The second kappa shape index (κ2) is 7.45. The minimum atomic E-state index is -0.431. The summed E-state index contributed by atoms with van der Waals surface area (Å²) in [5.41, 5.74) is -0.431. The van der Waals surface area contributed by atoms with E-state index in [2.05, 4.69) is 10.6 Å². The van der Waals surface area contributed by atoms with Crippen molar-refractivity contribution >= 4 is 6.09 Å². The summed E-state index contributed by atoms with van der Waals surface area (Å²) in [5, 5.41) is 6.59. The van der Waals surface area contributed by atoms with Crippen LogP contribution in [0.2, 0.25) is 0 Å². The van der Waals surface area contributed by atoms with Crippen molar-refractivity contribution in [3.05, 3.63) is 0 Å². The smallest absolute Gasteiger partial charge is 0.407 e. The summed E-state index contributed by atoms with van der Waals surface area (Å²) >= 11 is 0. The van der Waals surface area contributed by atoms with E-state index in [1.807, 2.05) is 20.8 Å². The molecule has 1 aliphatic carbocycles. The highest BCUT2D eigenvalue weighted by Gasteiger charge is 2.29. The molecule has 1 saturated carbocycles. The van der Waals surface area contributed by atoms with Crippen LogP contribution in [0.1, 0.15) is 46.5 Å². The lowest BCUT2D eigenvalue weighted by atomic mass is 10.0. The fourth-order valence-corrected chi connectivity index (χ4v) is 3.14. The van der Waals surface area contributed by atoms with Gasteiger partial charge in [-0.05, 0) is 51.9 Å². The molecule has 1 saturated heterocycles. The molecule has 2 aliphatic rings. The van der Waals surface area contributed by atoms with Gasteiger partial charge in [-0.15, -0.1) is 0 Å². The minimum Gasteiger partial charge on any atom is -0.444 e. The van der Waals surface area contributed by atoms with Crippen molar-refractivity contribution in [1.29, 1.82) is 0 Å². The first-order valence-electron chi connectivity index (χ1n) is 8.22. The van der Waals surface area contributed by atoms with Crippen molar-refractivity contribution in [3.8, 4) is 0 Å². The molecule has 0 radical (unpaired) electrons. The molecule has 1 aliphatic heterocycles. The largest absolute Gasteiger partial charge is 0.444 e. The number of ether oxygens (including phenoxy) is 2. The van der Waals surface area contributed by atoms with Crippen molar-refractivity contribution in [2.75, 3.05) is 26.3 Å². The third-order valence-electron chi connectivity index (χ3n) is 4.26. The highest BCUT2D eigenvalue weighted by atomic mass is 16.6. The van der Waals surface area contributed by atoms with E-state index in [4.69, 9.17) is 9.47 Å². The molecule has 2 N–H and O–H groups in total. The number of nitrogens with one attached hydrogen (secondary N) is 2. The van der Waals surface area contributed by atoms with Crippen molar-refractivity contribution in [2.45, 2.75) is 58.1 Å². The van der Waals surface area contributed by atoms with Gasteiger partial charge in [-0.25, -0.2) is 4.79 Å². The lowest BCUT2D eigenvalue weighted by Gasteiger charge is -2.24. The second-order valence-corrected chi connectivity index (χ2v) is 7.32. The first kappa shape index (κ1) is 16.6. The Morgan fingerprint density at radius 2 is 2.05 bits per heavy atom. The molecule has 0 aromatic carbocycles. The maximum absolute atomic E-state index is 11.7. The van der Waals surface area contributed by atoms with E-state index < -0.39 is 5.60 Å². The number of hydrogen-bond acceptors (Lipinski definition) is 4. The monoisotopic (exact) mass is 298 g/mol. The molecule has 0 bridgehead atoms. The Hall–Kier alpha value is -0.810. The van der Waals surface area contributed by atoms with Crippen LogP contribution in [0.4, 0.5) is 4.79 Å². The van der Waals surface area contributed by atoms with Crippen molar-refractivity contribution < 1.29 is 14.3 Å². The van der Waals surface area contributed by atoms with Gasteiger partial charge in [0, 0.05) is 25.7 Å². The van der Waals surface area contributed by atoms with E-state index >= 15 is 0 Å². The molecule has 0 aromatic rings. The second-order valence-electron chi connectivity index (χ2n) is 7.32. The standard InChI is InChI=1S/C16H30N2O3/c1-16(2,3)21-15(19)18-10-13-5-4-6-14(13)17-9-12-7-8-20-11-12/h12-14,17H,4-11H2,1-3H3,(H,18,19). The van der Waals surface area contributed by atoms with E-state index in [0.717, 1.165) is 19.8 Å². The molecule has 1 heterocycles. The number of amides is 1. The summed E-state index contributed by atoms with van der Waals surface area (Å²) in [7, 11) is 0.